The third-order valence-electron chi connectivity index (χ3n) is 1.73. The molecule has 1 atom stereocenters. The van der Waals surface area contributed by atoms with Crippen molar-refractivity contribution in [3.05, 3.63) is 34.3 Å². The summed E-state index contributed by atoms with van der Waals surface area (Å²) in [7, 11) is 1.44. The van der Waals surface area contributed by atoms with Gasteiger partial charge in [0.05, 0.1) is 0 Å². The predicted molar refractivity (Wildman–Crippen MR) is 56.1 cm³/mol. The normalized spacial score (nSPS) is 12.9. The fraction of sp³-hybridized carbons (Fsp3) is 0.333. The first-order valence-electron chi connectivity index (χ1n) is 3.74. The van der Waals surface area contributed by atoms with Gasteiger partial charge in [-0.2, -0.15) is 0 Å². The predicted octanol–water partition coefficient (Wildman–Crippen LogP) is 2.87. The third-order valence-corrected chi connectivity index (χ3v) is 2.69. The lowest BCUT2D eigenvalue weighted by Gasteiger charge is -2.09. The van der Waals surface area contributed by atoms with Gasteiger partial charge >= 0.3 is 0 Å². The minimum absolute atomic E-state index is 0.630. The molecule has 0 aliphatic rings. The standard InChI is InChI=1S/C9H10BrClO2/c1-13-9(12)6-2-3-7(5-10)8(11)4-6/h2-4,9,12H,5H2,1H3. The molecule has 1 unspecified atom stereocenters. The molecule has 0 aliphatic heterocycles. The van der Waals surface area contributed by atoms with Gasteiger partial charge in [-0.15, -0.1) is 0 Å². The van der Waals surface area contributed by atoms with Gasteiger partial charge in [-0.25, -0.2) is 0 Å². The Morgan fingerprint density at radius 1 is 1.62 bits per heavy atom. The van der Waals surface area contributed by atoms with E-state index in [1.165, 1.54) is 7.11 Å². The lowest BCUT2D eigenvalue weighted by atomic mass is 10.1. The van der Waals surface area contributed by atoms with Crippen LogP contribution in [0.15, 0.2) is 18.2 Å². The van der Waals surface area contributed by atoms with Crippen LogP contribution in [-0.2, 0) is 10.1 Å². The maximum Gasteiger partial charge on any atom is 0.180 e. The van der Waals surface area contributed by atoms with Crippen LogP contribution in [0.3, 0.4) is 0 Å². The average Bonchev–Trinajstić information content (AvgIpc) is 2.16. The summed E-state index contributed by atoms with van der Waals surface area (Å²) in [5, 5.41) is 10.7. The highest BCUT2D eigenvalue weighted by Crippen LogP contribution is 2.23. The first kappa shape index (κ1) is 11.0. The quantitative estimate of drug-likeness (QED) is 0.673. The number of aliphatic hydroxyl groups excluding tert-OH is 1. The maximum absolute atomic E-state index is 9.32. The van der Waals surface area contributed by atoms with Crippen LogP contribution >= 0.6 is 27.5 Å². The van der Waals surface area contributed by atoms with Gasteiger partial charge in [0.1, 0.15) is 0 Å². The molecule has 0 spiro atoms. The summed E-state index contributed by atoms with van der Waals surface area (Å²) in [6.07, 6.45) is -0.901. The van der Waals surface area contributed by atoms with E-state index in [0.717, 1.165) is 5.56 Å². The van der Waals surface area contributed by atoms with E-state index in [4.69, 9.17) is 16.3 Å². The van der Waals surface area contributed by atoms with Crippen LogP contribution in [0.2, 0.25) is 5.02 Å². The van der Waals surface area contributed by atoms with E-state index >= 15 is 0 Å². The van der Waals surface area contributed by atoms with E-state index in [2.05, 4.69) is 15.9 Å². The zero-order valence-electron chi connectivity index (χ0n) is 7.13. The molecule has 1 aromatic rings. The van der Waals surface area contributed by atoms with Crippen molar-refractivity contribution in [2.75, 3.05) is 7.11 Å². The Balaban J connectivity index is 2.95. The molecule has 1 N–H and O–H groups in total. The zero-order chi connectivity index (χ0) is 9.84. The Morgan fingerprint density at radius 3 is 2.77 bits per heavy atom. The number of ether oxygens (including phenoxy) is 1. The van der Waals surface area contributed by atoms with Gasteiger partial charge in [-0.3, -0.25) is 0 Å². The molecule has 0 heterocycles. The number of methoxy groups -OCH3 is 1. The van der Waals surface area contributed by atoms with Gasteiger partial charge in [0.2, 0.25) is 0 Å². The van der Waals surface area contributed by atoms with Crippen LogP contribution in [0.4, 0.5) is 0 Å². The second kappa shape index (κ2) is 4.96. The molecule has 0 fully saturated rings. The summed E-state index contributed by atoms with van der Waals surface area (Å²) in [4.78, 5) is 0. The van der Waals surface area contributed by atoms with E-state index in [1.54, 1.807) is 12.1 Å². The van der Waals surface area contributed by atoms with Crippen LogP contribution in [0.5, 0.6) is 0 Å². The van der Waals surface area contributed by atoms with Crippen molar-refractivity contribution in [2.24, 2.45) is 0 Å². The third kappa shape index (κ3) is 2.68. The van der Waals surface area contributed by atoms with Crippen LogP contribution in [0, 0.1) is 0 Å². The Morgan fingerprint density at radius 2 is 2.31 bits per heavy atom. The topological polar surface area (TPSA) is 29.5 Å². The molecule has 0 radical (unpaired) electrons. The molecule has 2 nitrogen and oxygen atoms in total. The molecular formula is C9H10BrClO2. The Hall–Kier alpha value is -0.0900. The lowest BCUT2D eigenvalue weighted by Crippen LogP contribution is -1.99. The van der Waals surface area contributed by atoms with Gasteiger partial charge in [-0.05, 0) is 11.6 Å². The van der Waals surface area contributed by atoms with Crippen molar-refractivity contribution in [1.29, 1.82) is 0 Å². The molecule has 1 rings (SSSR count). The smallest absolute Gasteiger partial charge is 0.180 e. The molecule has 0 bridgehead atoms. The summed E-state index contributed by atoms with van der Waals surface area (Å²) in [5.41, 5.74) is 1.66. The zero-order valence-corrected chi connectivity index (χ0v) is 9.47. The van der Waals surface area contributed by atoms with Crippen LogP contribution in [0.1, 0.15) is 17.4 Å². The molecule has 0 aliphatic carbocycles. The summed E-state index contributed by atoms with van der Waals surface area (Å²) < 4.78 is 4.75. The largest absolute Gasteiger partial charge is 0.364 e. The molecule has 13 heavy (non-hydrogen) atoms. The fourth-order valence-corrected chi connectivity index (χ4v) is 1.87. The van der Waals surface area contributed by atoms with Crippen molar-refractivity contribution in [3.8, 4) is 0 Å². The van der Waals surface area contributed by atoms with Crippen molar-refractivity contribution in [1.82, 2.24) is 0 Å². The SMILES string of the molecule is COC(O)c1ccc(CBr)c(Cl)c1. The molecule has 0 aromatic heterocycles. The summed E-state index contributed by atoms with van der Waals surface area (Å²) >= 11 is 9.24. The Kier molecular flexibility index (Phi) is 4.19. The molecule has 4 heteroatoms. The van der Waals surface area contributed by atoms with Gasteiger partial charge in [0, 0.05) is 23.0 Å². The van der Waals surface area contributed by atoms with Crippen LogP contribution in [-0.4, -0.2) is 12.2 Å². The summed E-state index contributed by atoms with van der Waals surface area (Å²) in [6, 6.07) is 5.34. The number of aliphatic hydroxyl groups is 1. The maximum atomic E-state index is 9.32. The average molecular weight is 266 g/mol. The van der Waals surface area contributed by atoms with Gasteiger partial charge in [-0.1, -0.05) is 39.7 Å². The van der Waals surface area contributed by atoms with Crippen molar-refractivity contribution < 1.29 is 9.84 Å². The highest BCUT2D eigenvalue weighted by molar-refractivity contribution is 9.08. The molecule has 1 aromatic carbocycles. The fourth-order valence-electron chi connectivity index (χ4n) is 0.962. The van der Waals surface area contributed by atoms with Crippen molar-refractivity contribution in [2.45, 2.75) is 11.6 Å². The van der Waals surface area contributed by atoms with E-state index in [0.29, 0.717) is 15.9 Å². The molecule has 0 saturated heterocycles. The second-order valence-corrected chi connectivity index (χ2v) is 3.54. The summed E-state index contributed by atoms with van der Waals surface area (Å²) in [6.45, 7) is 0. The van der Waals surface area contributed by atoms with E-state index in [9.17, 15) is 5.11 Å². The highest BCUT2D eigenvalue weighted by atomic mass is 79.9. The molecule has 0 saturated carbocycles. The first-order valence-corrected chi connectivity index (χ1v) is 5.24. The lowest BCUT2D eigenvalue weighted by molar-refractivity contribution is -0.0769. The van der Waals surface area contributed by atoms with Crippen LogP contribution < -0.4 is 0 Å². The van der Waals surface area contributed by atoms with Gasteiger partial charge in [0.15, 0.2) is 6.29 Å². The molecular weight excluding hydrogens is 255 g/mol. The number of halogens is 2. The number of rotatable bonds is 3. The Bertz CT molecular complexity index is 291. The highest BCUT2D eigenvalue weighted by Gasteiger charge is 2.07. The number of hydrogen-bond acceptors (Lipinski definition) is 2. The van der Waals surface area contributed by atoms with E-state index in [-0.39, 0.29) is 0 Å². The Labute approximate surface area is 90.6 Å². The number of alkyl halides is 1. The van der Waals surface area contributed by atoms with Crippen molar-refractivity contribution >= 4 is 27.5 Å². The van der Waals surface area contributed by atoms with Gasteiger partial charge in [0.25, 0.3) is 0 Å². The monoisotopic (exact) mass is 264 g/mol. The van der Waals surface area contributed by atoms with E-state index < -0.39 is 6.29 Å². The second-order valence-electron chi connectivity index (χ2n) is 2.57. The minimum Gasteiger partial charge on any atom is -0.364 e. The van der Waals surface area contributed by atoms with Crippen LogP contribution in [0.25, 0.3) is 0 Å². The number of hydrogen-bond donors (Lipinski definition) is 1. The molecule has 72 valence electrons. The molecule has 0 amide bonds. The van der Waals surface area contributed by atoms with Gasteiger partial charge < -0.3 is 9.84 Å². The minimum atomic E-state index is -0.901. The first-order chi connectivity index (χ1) is 6.19. The van der Waals surface area contributed by atoms with Crippen molar-refractivity contribution in [3.63, 3.8) is 0 Å². The number of benzene rings is 1. The van der Waals surface area contributed by atoms with E-state index in [1.807, 2.05) is 6.07 Å². The summed E-state index contributed by atoms with van der Waals surface area (Å²) in [5.74, 6) is 0.